The van der Waals surface area contributed by atoms with Crippen LogP contribution < -0.4 is 5.73 Å². The van der Waals surface area contributed by atoms with Crippen LogP contribution in [0, 0.1) is 11.8 Å². The first kappa shape index (κ1) is 12.8. The van der Waals surface area contributed by atoms with Gasteiger partial charge in [0.1, 0.15) is 12.3 Å². The lowest BCUT2D eigenvalue weighted by Crippen LogP contribution is -2.30. The Morgan fingerprint density at radius 2 is 2.17 bits per heavy atom. The van der Waals surface area contributed by atoms with Crippen molar-refractivity contribution >= 4 is 11.7 Å². The van der Waals surface area contributed by atoms with Crippen LogP contribution in [0.5, 0.6) is 0 Å². The van der Waals surface area contributed by atoms with Crippen molar-refractivity contribution in [1.82, 2.24) is 0 Å². The van der Waals surface area contributed by atoms with Crippen LogP contribution in [0.1, 0.15) is 6.42 Å². The molecule has 0 aliphatic heterocycles. The average Bonchev–Trinajstić information content (AvgIpc) is 2.98. The Balaban J connectivity index is 2.42. The fourth-order valence-corrected chi connectivity index (χ4v) is 2.25. The smallest absolute Gasteiger partial charge is 0.325 e. The largest absolute Gasteiger partial charge is 0.480 e. The van der Waals surface area contributed by atoms with Crippen molar-refractivity contribution in [1.29, 1.82) is 0 Å². The van der Waals surface area contributed by atoms with Gasteiger partial charge in [-0.1, -0.05) is 0 Å². The molecule has 100 valence electrons. The number of nitrogens with zero attached hydrogens (tertiary/aromatic N) is 1. The van der Waals surface area contributed by atoms with Gasteiger partial charge in [0.2, 0.25) is 0 Å². The Kier molecular flexibility index (Phi) is 2.83. The number of alkyl halides is 4. The lowest BCUT2D eigenvalue weighted by molar-refractivity contribution is -0.135. The number of carboxylic acids is 1. The van der Waals surface area contributed by atoms with Crippen molar-refractivity contribution in [3.05, 3.63) is 11.3 Å². The quantitative estimate of drug-likeness (QED) is 0.755. The number of rotatable bonds is 3. The zero-order valence-corrected chi connectivity index (χ0v) is 9.04. The van der Waals surface area contributed by atoms with E-state index in [1.807, 2.05) is 0 Å². The Hall–Kier alpha value is -1.60. The molecule has 8 heteroatoms. The topological polar surface area (TPSA) is 75.7 Å². The van der Waals surface area contributed by atoms with Crippen LogP contribution in [-0.4, -0.2) is 35.7 Å². The first-order chi connectivity index (χ1) is 8.26. The van der Waals surface area contributed by atoms with Crippen LogP contribution in [-0.2, 0) is 4.79 Å². The van der Waals surface area contributed by atoms with Crippen LogP contribution in [0.25, 0.3) is 0 Å². The second-order valence-corrected chi connectivity index (χ2v) is 4.30. The van der Waals surface area contributed by atoms with E-state index >= 15 is 0 Å². The molecule has 4 nitrogen and oxygen atoms in total. The van der Waals surface area contributed by atoms with E-state index in [0.29, 0.717) is 0 Å². The molecule has 2 atom stereocenters. The van der Waals surface area contributed by atoms with Gasteiger partial charge >= 0.3 is 5.97 Å². The van der Waals surface area contributed by atoms with E-state index < -0.39 is 48.1 Å². The number of hydrogen-bond donors (Lipinski definition) is 2. The number of hydrogen-bond acceptors (Lipinski definition) is 3. The molecule has 0 aromatic rings. The fourth-order valence-electron chi connectivity index (χ4n) is 2.25. The maximum atomic E-state index is 13.7. The van der Waals surface area contributed by atoms with Crippen LogP contribution in [0.15, 0.2) is 16.3 Å². The van der Waals surface area contributed by atoms with E-state index in [4.69, 9.17) is 10.8 Å². The molecular weight excluding hydrogens is 256 g/mol. The van der Waals surface area contributed by atoms with Crippen LogP contribution in [0.4, 0.5) is 17.6 Å². The van der Waals surface area contributed by atoms with Crippen molar-refractivity contribution in [3.63, 3.8) is 0 Å². The summed E-state index contributed by atoms with van der Waals surface area (Å²) in [5.41, 5.74) is 2.95. The molecule has 0 spiro atoms. The van der Waals surface area contributed by atoms with Crippen molar-refractivity contribution in [2.24, 2.45) is 22.6 Å². The molecule has 18 heavy (non-hydrogen) atoms. The minimum Gasteiger partial charge on any atom is -0.480 e. The van der Waals surface area contributed by atoms with Gasteiger partial charge < -0.3 is 10.8 Å². The molecular formula is C10H10F4N2O2. The molecule has 2 fully saturated rings. The van der Waals surface area contributed by atoms with Crippen molar-refractivity contribution < 1.29 is 27.5 Å². The molecule has 0 aromatic heterocycles. The van der Waals surface area contributed by atoms with Gasteiger partial charge in [-0.25, -0.2) is 8.78 Å². The third-order valence-corrected chi connectivity index (χ3v) is 3.12. The molecule has 3 N–H and O–H groups in total. The molecule has 0 saturated heterocycles. The first-order valence-corrected chi connectivity index (χ1v) is 5.19. The Morgan fingerprint density at radius 3 is 2.67 bits per heavy atom. The molecule has 2 aliphatic carbocycles. The van der Waals surface area contributed by atoms with Crippen LogP contribution in [0.2, 0.25) is 0 Å². The number of fused-ring (bicyclic) bond motifs is 1. The van der Waals surface area contributed by atoms with E-state index in [1.165, 1.54) is 0 Å². The van der Waals surface area contributed by atoms with Gasteiger partial charge in [-0.15, -0.1) is 0 Å². The van der Waals surface area contributed by atoms with Crippen molar-refractivity contribution in [2.45, 2.75) is 18.8 Å². The molecule has 2 rings (SSSR count). The van der Waals surface area contributed by atoms with Gasteiger partial charge in [-0.3, -0.25) is 9.79 Å². The van der Waals surface area contributed by atoms with Gasteiger partial charge in [0, 0.05) is 11.5 Å². The van der Waals surface area contributed by atoms with E-state index in [9.17, 15) is 22.4 Å². The van der Waals surface area contributed by atoms with Crippen molar-refractivity contribution in [3.8, 4) is 0 Å². The summed E-state index contributed by atoms with van der Waals surface area (Å²) >= 11 is 0. The molecule has 0 heterocycles. The lowest BCUT2D eigenvalue weighted by Gasteiger charge is -2.15. The predicted octanol–water partition coefficient (Wildman–Crippen LogP) is 1.27. The highest BCUT2D eigenvalue weighted by Crippen LogP contribution is 2.61. The highest BCUT2D eigenvalue weighted by atomic mass is 19.3. The number of carbonyl (C=O) groups is 1. The van der Waals surface area contributed by atoms with E-state index in [0.717, 1.165) is 0 Å². The van der Waals surface area contributed by atoms with Gasteiger partial charge in [-0.05, 0) is 12.3 Å². The lowest BCUT2D eigenvalue weighted by atomic mass is 10.0. The summed E-state index contributed by atoms with van der Waals surface area (Å²) in [6.07, 6.45) is -2.97. The number of nitrogens with two attached hydrogens (primary N) is 1. The normalized spacial score (nSPS) is 33.7. The summed E-state index contributed by atoms with van der Waals surface area (Å²) in [6, 6.07) is 0. The Bertz CT molecular complexity index is 459. The average molecular weight is 266 g/mol. The summed E-state index contributed by atoms with van der Waals surface area (Å²) in [7, 11) is 0. The van der Waals surface area contributed by atoms with Crippen LogP contribution in [0.3, 0.4) is 0 Å². The number of aliphatic carboxylic acids is 1. The summed E-state index contributed by atoms with van der Waals surface area (Å²) in [4.78, 5) is 13.6. The summed E-state index contributed by atoms with van der Waals surface area (Å²) in [5.74, 6) is -6.57. The number of halogens is 4. The van der Waals surface area contributed by atoms with Crippen molar-refractivity contribution in [2.75, 3.05) is 6.54 Å². The van der Waals surface area contributed by atoms with Crippen LogP contribution >= 0.6 is 0 Å². The highest BCUT2D eigenvalue weighted by Gasteiger charge is 2.67. The fraction of sp³-hybridized carbons (Fsp3) is 0.600. The maximum Gasteiger partial charge on any atom is 0.325 e. The third-order valence-electron chi connectivity index (χ3n) is 3.12. The van der Waals surface area contributed by atoms with Gasteiger partial charge in [0.05, 0.1) is 5.70 Å². The van der Waals surface area contributed by atoms with Gasteiger partial charge in [-0.2, -0.15) is 8.78 Å². The highest BCUT2D eigenvalue weighted by molar-refractivity contribution is 6.10. The zero-order chi connectivity index (χ0) is 13.7. The first-order valence-electron chi connectivity index (χ1n) is 5.19. The predicted molar refractivity (Wildman–Crippen MR) is 53.7 cm³/mol. The Labute approximate surface area is 99.2 Å². The second kappa shape index (κ2) is 3.96. The molecule has 0 amide bonds. The molecule has 0 aromatic carbocycles. The third kappa shape index (κ3) is 1.85. The monoisotopic (exact) mass is 266 g/mol. The van der Waals surface area contributed by atoms with Gasteiger partial charge in [0.15, 0.2) is 0 Å². The SMILES string of the molecule is NC(=C1C(=NCC(=O)O)C(F)(F)C2C[C@@H]12)C(F)F. The number of aliphatic imine (C=N–C) groups is 1. The minimum atomic E-state index is -3.37. The standard InChI is InChI=1S/C10H10F4N2O2/c11-9(12)7(15)6-3-1-4(3)10(13,14)8(6)16-2-5(17)18/h3-4,9H,1-2,15H2,(H,17,18)/t3-,4?/m1/s1. The molecule has 0 bridgehead atoms. The van der Waals surface area contributed by atoms with Gasteiger partial charge in [0.25, 0.3) is 12.3 Å². The molecule has 0 radical (unpaired) electrons. The molecule has 2 saturated carbocycles. The summed E-state index contributed by atoms with van der Waals surface area (Å²) in [5, 5.41) is 8.41. The van der Waals surface area contributed by atoms with E-state index in [1.54, 1.807) is 0 Å². The van der Waals surface area contributed by atoms with E-state index in [2.05, 4.69) is 4.99 Å². The summed E-state index contributed by atoms with van der Waals surface area (Å²) < 4.78 is 52.4. The maximum absolute atomic E-state index is 13.7. The number of carboxylic acid groups (broad SMARTS) is 1. The van der Waals surface area contributed by atoms with E-state index in [-0.39, 0.29) is 12.0 Å². The molecule has 1 unspecified atom stereocenters. The Morgan fingerprint density at radius 1 is 1.56 bits per heavy atom. The second-order valence-electron chi connectivity index (χ2n) is 4.30. The minimum absolute atomic E-state index is 0.0852. The zero-order valence-electron chi connectivity index (χ0n) is 9.04. The number of allylic oxidation sites excluding steroid dienone is 2. The summed E-state index contributed by atoms with van der Waals surface area (Å²) in [6.45, 7) is -0.885. The molecule has 2 aliphatic rings.